The second-order valence-corrected chi connectivity index (χ2v) is 4.17. The first-order chi connectivity index (χ1) is 8.42. The highest BCUT2D eigenvalue weighted by atomic mass is 16.5. The lowest BCUT2D eigenvalue weighted by Gasteiger charge is -2.21. The van der Waals surface area contributed by atoms with Crippen LogP contribution >= 0.6 is 0 Å². The van der Waals surface area contributed by atoms with E-state index in [-0.39, 0.29) is 30.9 Å². The molecule has 0 aromatic carbocycles. The first-order valence-electron chi connectivity index (χ1n) is 6.15. The zero-order valence-electron chi connectivity index (χ0n) is 11.4. The lowest BCUT2D eigenvalue weighted by Crippen LogP contribution is -2.50. The molecular formula is C12H22N2O4. The molecule has 0 bridgehead atoms. The lowest BCUT2D eigenvalue weighted by molar-refractivity contribution is -0.143. The molecule has 0 saturated carbocycles. The average Bonchev–Trinajstić information content (AvgIpc) is 2.32. The molecular weight excluding hydrogens is 236 g/mol. The monoisotopic (exact) mass is 258 g/mol. The SMILES string of the molecule is CCOC(=O)CNC(=O)[C@@H](NC(=O)CC)C(C)C. The highest BCUT2D eigenvalue weighted by Gasteiger charge is 2.23. The van der Waals surface area contributed by atoms with Gasteiger partial charge in [-0.05, 0) is 12.8 Å². The fourth-order valence-corrected chi connectivity index (χ4v) is 1.29. The van der Waals surface area contributed by atoms with E-state index in [4.69, 9.17) is 4.74 Å². The van der Waals surface area contributed by atoms with Crippen LogP contribution in [0.4, 0.5) is 0 Å². The van der Waals surface area contributed by atoms with Crippen LogP contribution in [0.5, 0.6) is 0 Å². The van der Waals surface area contributed by atoms with Crippen molar-refractivity contribution in [3.05, 3.63) is 0 Å². The van der Waals surface area contributed by atoms with Crippen LogP contribution in [0.15, 0.2) is 0 Å². The molecule has 104 valence electrons. The molecule has 0 saturated heterocycles. The molecule has 2 amide bonds. The quantitative estimate of drug-likeness (QED) is 0.640. The maximum atomic E-state index is 11.8. The Kier molecular flexibility index (Phi) is 7.74. The molecule has 0 aromatic heterocycles. The summed E-state index contributed by atoms with van der Waals surface area (Å²) in [6.07, 6.45) is 0.314. The molecule has 0 aromatic rings. The van der Waals surface area contributed by atoms with Crippen molar-refractivity contribution in [2.75, 3.05) is 13.2 Å². The number of esters is 1. The van der Waals surface area contributed by atoms with Gasteiger partial charge in [-0.15, -0.1) is 0 Å². The summed E-state index contributed by atoms with van der Waals surface area (Å²) in [5.74, 6) is -1.11. The van der Waals surface area contributed by atoms with Gasteiger partial charge in [0.15, 0.2) is 0 Å². The molecule has 0 fully saturated rings. The van der Waals surface area contributed by atoms with E-state index in [0.717, 1.165) is 0 Å². The van der Waals surface area contributed by atoms with Gasteiger partial charge in [-0.1, -0.05) is 20.8 Å². The van der Waals surface area contributed by atoms with E-state index in [1.165, 1.54) is 0 Å². The van der Waals surface area contributed by atoms with Crippen LogP contribution in [0.25, 0.3) is 0 Å². The molecule has 0 aliphatic carbocycles. The molecule has 18 heavy (non-hydrogen) atoms. The molecule has 1 atom stereocenters. The molecule has 2 N–H and O–H groups in total. The van der Waals surface area contributed by atoms with Crippen LogP contribution in [0, 0.1) is 5.92 Å². The van der Waals surface area contributed by atoms with Crippen molar-refractivity contribution in [2.45, 2.75) is 40.2 Å². The zero-order valence-corrected chi connectivity index (χ0v) is 11.4. The number of carbonyl (C=O) groups excluding carboxylic acids is 3. The summed E-state index contributed by atoms with van der Waals surface area (Å²) in [5, 5.41) is 5.07. The van der Waals surface area contributed by atoms with E-state index in [1.807, 2.05) is 13.8 Å². The maximum absolute atomic E-state index is 11.8. The zero-order chi connectivity index (χ0) is 14.1. The maximum Gasteiger partial charge on any atom is 0.325 e. The Hall–Kier alpha value is -1.59. The Balaban J connectivity index is 4.31. The summed E-state index contributed by atoms with van der Waals surface area (Å²) >= 11 is 0. The van der Waals surface area contributed by atoms with Crippen LogP contribution in [-0.4, -0.2) is 37.0 Å². The largest absolute Gasteiger partial charge is 0.465 e. The van der Waals surface area contributed by atoms with Gasteiger partial charge in [-0.3, -0.25) is 14.4 Å². The highest BCUT2D eigenvalue weighted by Crippen LogP contribution is 2.02. The normalized spacial score (nSPS) is 11.8. The Morgan fingerprint density at radius 3 is 2.22 bits per heavy atom. The Morgan fingerprint density at radius 2 is 1.78 bits per heavy atom. The van der Waals surface area contributed by atoms with Gasteiger partial charge in [0, 0.05) is 6.42 Å². The van der Waals surface area contributed by atoms with Gasteiger partial charge in [0.2, 0.25) is 11.8 Å². The van der Waals surface area contributed by atoms with Gasteiger partial charge in [0.25, 0.3) is 0 Å². The summed E-state index contributed by atoms with van der Waals surface area (Å²) in [7, 11) is 0. The topological polar surface area (TPSA) is 84.5 Å². The van der Waals surface area contributed by atoms with Crippen molar-refractivity contribution in [1.29, 1.82) is 0 Å². The number of rotatable bonds is 7. The van der Waals surface area contributed by atoms with Crippen LogP contribution in [0.2, 0.25) is 0 Å². The third-order valence-electron chi connectivity index (χ3n) is 2.30. The molecule has 0 unspecified atom stereocenters. The van der Waals surface area contributed by atoms with E-state index in [1.54, 1.807) is 13.8 Å². The molecule has 6 nitrogen and oxygen atoms in total. The number of hydrogen-bond acceptors (Lipinski definition) is 4. The van der Waals surface area contributed by atoms with Gasteiger partial charge in [0.1, 0.15) is 12.6 Å². The van der Waals surface area contributed by atoms with Gasteiger partial charge >= 0.3 is 5.97 Å². The average molecular weight is 258 g/mol. The van der Waals surface area contributed by atoms with Crippen LogP contribution in [0.3, 0.4) is 0 Å². The number of nitrogens with one attached hydrogen (secondary N) is 2. The third-order valence-corrected chi connectivity index (χ3v) is 2.30. The molecule has 0 radical (unpaired) electrons. The number of hydrogen-bond donors (Lipinski definition) is 2. The minimum Gasteiger partial charge on any atom is -0.465 e. The van der Waals surface area contributed by atoms with Crippen molar-refractivity contribution < 1.29 is 19.1 Å². The van der Waals surface area contributed by atoms with E-state index < -0.39 is 12.0 Å². The number of ether oxygens (including phenoxy) is 1. The first kappa shape index (κ1) is 16.4. The van der Waals surface area contributed by atoms with Gasteiger partial charge < -0.3 is 15.4 Å². The summed E-state index contributed by atoms with van der Waals surface area (Å²) < 4.78 is 4.69. The summed E-state index contributed by atoms with van der Waals surface area (Å²) in [5.41, 5.74) is 0. The van der Waals surface area contributed by atoms with Gasteiger partial charge in [-0.2, -0.15) is 0 Å². The van der Waals surface area contributed by atoms with E-state index in [0.29, 0.717) is 6.42 Å². The minimum atomic E-state index is -0.633. The lowest BCUT2D eigenvalue weighted by atomic mass is 10.0. The summed E-state index contributed by atoms with van der Waals surface area (Å²) in [4.78, 5) is 34.2. The fourth-order valence-electron chi connectivity index (χ4n) is 1.29. The summed E-state index contributed by atoms with van der Waals surface area (Å²) in [6, 6.07) is -0.633. The van der Waals surface area contributed by atoms with Crippen molar-refractivity contribution in [3.63, 3.8) is 0 Å². The Morgan fingerprint density at radius 1 is 1.17 bits per heavy atom. The number of amides is 2. The molecule has 0 spiro atoms. The molecule has 6 heteroatoms. The Labute approximate surface area is 107 Å². The standard InChI is InChI=1S/C12H22N2O4/c1-5-9(15)14-11(8(3)4)12(17)13-7-10(16)18-6-2/h8,11H,5-7H2,1-4H3,(H,13,17)(H,14,15)/t11-/m0/s1. The van der Waals surface area contributed by atoms with Gasteiger partial charge in [0.05, 0.1) is 6.61 Å². The molecule has 0 aliphatic heterocycles. The molecule has 0 aliphatic rings. The van der Waals surface area contributed by atoms with E-state index >= 15 is 0 Å². The minimum absolute atomic E-state index is 0.0531. The predicted octanol–water partition coefficient (Wildman–Crippen LogP) is 0.217. The van der Waals surface area contributed by atoms with Gasteiger partial charge in [-0.25, -0.2) is 0 Å². The smallest absolute Gasteiger partial charge is 0.325 e. The van der Waals surface area contributed by atoms with E-state index in [2.05, 4.69) is 10.6 Å². The van der Waals surface area contributed by atoms with Crippen LogP contribution in [-0.2, 0) is 19.1 Å². The molecule has 0 heterocycles. The van der Waals surface area contributed by atoms with Crippen molar-refractivity contribution in [2.24, 2.45) is 5.92 Å². The predicted molar refractivity (Wildman–Crippen MR) is 66.7 cm³/mol. The Bertz CT molecular complexity index is 302. The first-order valence-corrected chi connectivity index (χ1v) is 6.15. The highest BCUT2D eigenvalue weighted by molar-refractivity contribution is 5.89. The van der Waals surface area contributed by atoms with Crippen LogP contribution < -0.4 is 10.6 Å². The van der Waals surface area contributed by atoms with Crippen LogP contribution in [0.1, 0.15) is 34.1 Å². The van der Waals surface area contributed by atoms with Crippen molar-refractivity contribution >= 4 is 17.8 Å². The molecule has 0 rings (SSSR count). The summed E-state index contributed by atoms with van der Waals surface area (Å²) in [6.45, 7) is 7.14. The van der Waals surface area contributed by atoms with Crippen molar-refractivity contribution in [1.82, 2.24) is 10.6 Å². The second-order valence-electron chi connectivity index (χ2n) is 4.17. The third kappa shape index (κ3) is 6.22. The second kappa shape index (κ2) is 8.49. The number of carbonyl (C=O) groups is 3. The van der Waals surface area contributed by atoms with Crippen molar-refractivity contribution in [3.8, 4) is 0 Å². The van der Waals surface area contributed by atoms with E-state index in [9.17, 15) is 14.4 Å². The fraction of sp³-hybridized carbons (Fsp3) is 0.750.